The van der Waals surface area contributed by atoms with Crippen LogP contribution in [0.3, 0.4) is 0 Å². The zero-order valence-corrected chi connectivity index (χ0v) is 17.2. The fourth-order valence-electron chi connectivity index (χ4n) is 3.95. The molecule has 1 aliphatic rings. The van der Waals surface area contributed by atoms with Gasteiger partial charge in [-0.25, -0.2) is 0 Å². The molecule has 0 radical (unpaired) electrons. The Labute approximate surface area is 167 Å². The van der Waals surface area contributed by atoms with E-state index in [2.05, 4.69) is 30.1 Å². The molecule has 5 heteroatoms. The number of methoxy groups -OCH3 is 2. The van der Waals surface area contributed by atoms with Crippen molar-refractivity contribution in [3.05, 3.63) is 53.6 Å². The molecule has 2 aromatic rings. The second-order valence-corrected chi connectivity index (χ2v) is 7.53. The summed E-state index contributed by atoms with van der Waals surface area (Å²) in [6.07, 6.45) is 2.08. The number of likely N-dealkylation sites (tertiary alicyclic amines) is 1. The number of nitrogens with zero attached hydrogens (tertiary/aromatic N) is 1. The number of nitrogens with one attached hydrogen (secondary N) is 1. The molecule has 0 aromatic heterocycles. The predicted octanol–water partition coefficient (Wildman–Crippen LogP) is 4.60. The van der Waals surface area contributed by atoms with Crippen LogP contribution in [0.25, 0.3) is 0 Å². The minimum absolute atomic E-state index is 0.0208. The Morgan fingerprint density at radius 1 is 1.18 bits per heavy atom. The quantitative estimate of drug-likeness (QED) is 0.760. The number of anilines is 1. The number of ether oxygens (including phenoxy) is 2. The lowest BCUT2D eigenvalue weighted by Gasteiger charge is -2.26. The Balaban J connectivity index is 1.73. The highest BCUT2D eigenvalue weighted by Gasteiger charge is 2.30. The van der Waals surface area contributed by atoms with E-state index in [9.17, 15) is 4.79 Å². The van der Waals surface area contributed by atoms with Gasteiger partial charge in [-0.3, -0.25) is 9.69 Å². The van der Waals surface area contributed by atoms with Crippen molar-refractivity contribution in [3.8, 4) is 11.5 Å². The maximum atomic E-state index is 12.8. The van der Waals surface area contributed by atoms with E-state index in [1.54, 1.807) is 14.2 Å². The highest BCUT2D eigenvalue weighted by atomic mass is 16.5. The molecule has 1 heterocycles. The van der Waals surface area contributed by atoms with E-state index in [1.165, 1.54) is 0 Å². The van der Waals surface area contributed by atoms with Crippen LogP contribution < -0.4 is 14.8 Å². The van der Waals surface area contributed by atoms with Crippen molar-refractivity contribution in [2.75, 3.05) is 32.6 Å². The zero-order valence-electron chi connectivity index (χ0n) is 17.2. The van der Waals surface area contributed by atoms with Crippen LogP contribution >= 0.6 is 0 Å². The van der Waals surface area contributed by atoms with E-state index in [-0.39, 0.29) is 11.9 Å². The number of benzene rings is 2. The van der Waals surface area contributed by atoms with E-state index in [1.807, 2.05) is 36.4 Å². The molecule has 1 fully saturated rings. The molecule has 1 saturated heterocycles. The number of carbonyl (C=O) groups is 1. The van der Waals surface area contributed by atoms with Gasteiger partial charge in [0.05, 0.1) is 20.8 Å². The second-order valence-electron chi connectivity index (χ2n) is 7.53. The summed E-state index contributed by atoms with van der Waals surface area (Å²) < 4.78 is 10.9. The highest BCUT2D eigenvalue weighted by Crippen LogP contribution is 2.38. The lowest BCUT2D eigenvalue weighted by atomic mass is 10.0. The first-order valence-corrected chi connectivity index (χ1v) is 9.88. The standard InChI is InChI=1S/C23H30N2O3/c1-16(2)18-8-5-6-9-20(18)24-23(26)15-25-13-7-10-21(25)19-12-11-17(27-3)14-22(19)28-4/h5-6,8-9,11-12,14,16,21H,7,10,13,15H2,1-4H3,(H,24,26)/t21-/m0/s1. The third kappa shape index (κ3) is 4.47. The maximum Gasteiger partial charge on any atom is 0.238 e. The Kier molecular flexibility index (Phi) is 6.57. The predicted molar refractivity (Wildman–Crippen MR) is 112 cm³/mol. The smallest absolute Gasteiger partial charge is 0.238 e. The number of carbonyl (C=O) groups excluding carboxylic acids is 1. The summed E-state index contributed by atoms with van der Waals surface area (Å²) in [5.41, 5.74) is 3.17. The summed E-state index contributed by atoms with van der Waals surface area (Å²) in [7, 11) is 3.32. The van der Waals surface area contributed by atoms with Gasteiger partial charge in [0.1, 0.15) is 11.5 Å². The number of hydrogen-bond acceptors (Lipinski definition) is 4. The van der Waals surface area contributed by atoms with Crippen LogP contribution in [0.1, 0.15) is 49.8 Å². The van der Waals surface area contributed by atoms with Crippen LogP contribution in [-0.2, 0) is 4.79 Å². The first-order chi connectivity index (χ1) is 13.5. The van der Waals surface area contributed by atoms with Crippen molar-refractivity contribution in [2.24, 2.45) is 0 Å². The molecule has 0 bridgehead atoms. The Bertz CT molecular complexity index is 819. The number of hydrogen-bond donors (Lipinski definition) is 1. The van der Waals surface area contributed by atoms with Crippen LogP contribution in [0, 0.1) is 0 Å². The Morgan fingerprint density at radius 2 is 1.96 bits per heavy atom. The van der Waals surface area contributed by atoms with Crippen molar-refractivity contribution < 1.29 is 14.3 Å². The lowest BCUT2D eigenvalue weighted by molar-refractivity contribution is -0.117. The van der Waals surface area contributed by atoms with Crippen LogP contribution in [0.5, 0.6) is 11.5 Å². The molecule has 0 unspecified atom stereocenters. The molecule has 1 aliphatic heterocycles. The number of amides is 1. The van der Waals surface area contributed by atoms with Crippen molar-refractivity contribution in [1.82, 2.24) is 4.90 Å². The van der Waals surface area contributed by atoms with Gasteiger partial charge in [0, 0.05) is 23.4 Å². The van der Waals surface area contributed by atoms with Gasteiger partial charge < -0.3 is 14.8 Å². The molecule has 150 valence electrons. The fourth-order valence-corrected chi connectivity index (χ4v) is 3.95. The number of para-hydroxylation sites is 1. The molecule has 1 atom stereocenters. The van der Waals surface area contributed by atoms with E-state index in [0.29, 0.717) is 12.5 Å². The SMILES string of the molecule is COc1ccc([C@@H]2CCCN2CC(=O)Nc2ccccc2C(C)C)c(OC)c1. The average molecular weight is 383 g/mol. The van der Waals surface area contributed by atoms with Gasteiger partial charge in [0.2, 0.25) is 5.91 Å². The second kappa shape index (κ2) is 9.11. The van der Waals surface area contributed by atoms with E-state index in [0.717, 1.165) is 47.7 Å². The Hall–Kier alpha value is -2.53. The molecule has 1 N–H and O–H groups in total. The molecule has 3 rings (SSSR count). The largest absolute Gasteiger partial charge is 0.497 e. The van der Waals surface area contributed by atoms with Crippen molar-refractivity contribution in [2.45, 2.75) is 38.6 Å². The van der Waals surface area contributed by atoms with Gasteiger partial charge in [-0.15, -0.1) is 0 Å². The first-order valence-electron chi connectivity index (χ1n) is 9.88. The van der Waals surface area contributed by atoms with E-state index in [4.69, 9.17) is 9.47 Å². The summed E-state index contributed by atoms with van der Waals surface area (Å²) in [5, 5.41) is 3.11. The minimum atomic E-state index is 0.0208. The fraction of sp³-hybridized carbons (Fsp3) is 0.435. The molecule has 0 spiro atoms. The lowest BCUT2D eigenvalue weighted by Crippen LogP contribution is -2.33. The molecular weight excluding hydrogens is 352 g/mol. The van der Waals surface area contributed by atoms with E-state index >= 15 is 0 Å². The molecule has 0 aliphatic carbocycles. The maximum absolute atomic E-state index is 12.8. The van der Waals surface area contributed by atoms with E-state index < -0.39 is 0 Å². The Morgan fingerprint density at radius 3 is 2.68 bits per heavy atom. The van der Waals surface area contributed by atoms with Gasteiger partial charge >= 0.3 is 0 Å². The minimum Gasteiger partial charge on any atom is -0.497 e. The summed E-state index contributed by atoms with van der Waals surface area (Å²) in [5.74, 6) is 1.96. The number of rotatable bonds is 7. The van der Waals surface area contributed by atoms with Gasteiger partial charge in [0.15, 0.2) is 0 Å². The van der Waals surface area contributed by atoms with Crippen molar-refractivity contribution >= 4 is 11.6 Å². The third-order valence-corrected chi connectivity index (χ3v) is 5.37. The van der Waals surface area contributed by atoms with Gasteiger partial charge in [-0.1, -0.05) is 38.1 Å². The first kappa shape index (κ1) is 20.2. The van der Waals surface area contributed by atoms with Gasteiger partial charge in [0.25, 0.3) is 0 Å². The monoisotopic (exact) mass is 382 g/mol. The third-order valence-electron chi connectivity index (χ3n) is 5.37. The van der Waals surface area contributed by atoms with Crippen LogP contribution in [0.4, 0.5) is 5.69 Å². The van der Waals surface area contributed by atoms with Crippen LogP contribution in [0.2, 0.25) is 0 Å². The molecule has 0 saturated carbocycles. The summed E-state index contributed by atoms with van der Waals surface area (Å²) in [6, 6.07) is 14.1. The van der Waals surface area contributed by atoms with Gasteiger partial charge in [-0.2, -0.15) is 0 Å². The normalized spacial score (nSPS) is 17.0. The van der Waals surface area contributed by atoms with Crippen molar-refractivity contribution in [1.29, 1.82) is 0 Å². The molecule has 1 amide bonds. The highest BCUT2D eigenvalue weighted by molar-refractivity contribution is 5.93. The van der Waals surface area contributed by atoms with Gasteiger partial charge in [-0.05, 0) is 43.0 Å². The van der Waals surface area contributed by atoms with Crippen LogP contribution in [-0.4, -0.2) is 38.1 Å². The topological polar surface area (TPSA) is 50.8 Å². The molecule has 2 aromatic carbocycles. The molecule has 28 heavy (non-hydrogen) atoms. The average Bonchev–Trinajstić information content (AvgIpc) is 3.15. The van der Waals surface area contributed by atoms with Crippen molar-refractivity contribution in [3.63, 3.8) is 0 Å². The van der Waals surface area contributed by atoms with Crippen LogP contribution in [0.15, 0.2) is 42.5 Å². The summed E-state index contributed by atoms with van der Waals surface area (Å²) in [6.45, 7) is 5.54. The molecular formula is C23H30N2O3. The summed E-state index contributed by atoms with van der Waals surface area (Å²) in [4.78, 5) is 15.0. The molecule has 5 nitrogen and oxygen atoms in total. The summed E-state index contributed by atoms with van der Waals surface area (Å²) >= 11 is 0. The zero-order chi connectivity index (χ0) is 20.1.